The zero-order valence-corrected chi connectivity index (χ0v) is 16.5. The number of amides is 1. The number of carbonyl (C=O) groups excluding carboxylic acids is 1. The van der Waals surface area contributed by atoms with E-state index < -0.39 is 0 Å². The van der Waals surface area contributed by atoms with E-state index >= 15 is 0 Å². The summed E-state index contributed by atoms with van der Waals surface area (Å²) in [7, 11) is 0. The van der Waals surface area contributed by atoms with Gasteiger partial charge in [0.05, 0.1) is 18.1 Å². The molecule has 1 aliphatic heterocycles. The summed E-state index contributed by atoms with van der Waals surface area (Å²) in [6, 6.07) is 9.77. The maximum absolute atomic E-state index is 14.5. The quantitative estimate of drug-likeness (QED) is 0.568. The van der Waals surface area contributed by atoms with E-state index in [1.807, 2.05) is 0 Å². The van der Waals surface area contributed by atoms with Crippen molar-refractivity contribution in [2.45, 2.75) is 30.5 Å². The Kier molecular flexibility index (Phi) is 6.26. The van der Waals surface area contributed by atoms with Crippen molar-refractivity contribution in [1.82, 2.24) is 20.1 Å². The van der Waals surface area contributed by atoms with Crippen molar-refractivity contribution in [3.05, 3.63) is 60.1 Å². The predicted molar refractivity (Wildman–Crippen MR) is 106 cm³/mol. The number of aromatic nitrogens is 3. The van der Waals surface area contributed by atoms with Crippen LogP contribution in [0.1, 0.15) is 29.2 Å². The number of thioether (sulfide) groups is 1. The molecule has 0 aliphatic carbocycles. The summed E-state index contributed by atoms with van der Waals surface area (Å²) in [5, 5.41) is 11.9. The molecule has 1 saturated heterocycles. The molecule has 7 nitrogen and oxygen atoms in total. The second kappa shape index (κ2) is 9.23. The Balaban J connectivity index is 1.49. The van der Waals surface area contributed by atoms with Crippen LogP contribution >= 0.6 is 11.8 Å². The number of nitrogens with zero attached hydrogens (tertiary/aromatic N) is 3. The molecule has 9 heteroatoms. The number of halogens is 1. The maximum atomic E-state index is 14.5. The topological polar surface area (TPSA) is 82.2 Å². The van der Waals surface area contributed by atoms with Crippen molar-refractivity contribution >= 4 is 17.7 Å². The summed E-state index contributed by atoms with van der Waals surface area (Å²) < 4.78 is 27.0. The molecule has 0 unspecified atom stereocenters. The van der Waals surface area contributed by atoms with Crippen LogP contribution in [0.4, 0.5) is 4.39 Å². The molecule has 1 aromatic carbocycles. The van der Waals surface area contributed by atoms with Gasteiger partial charge in [-0.05, 0) is 37.1 Å². The number of nitrogens with one attached hydrogen (secondary N) is 1. The third-order valence-electron chi connectivity index (χ3n) is 4.60. The largest absolute Gasteiger partial charge is 0.459 e. The van der Waals surface area contributed by atoms with Gasteiger partial charge in [-0.3, -0.25) is 9.36 Å². The van der Waals surface area contributed by atoms with Gasteiger partial charge < -0.3 is 14.5 Å². The Labute approximate surface area is 171 Å². The first-order valence-electron chi connectivity index (χ1n) is 9.47. The van der Waals surface area contributed by atoms with Crippen LogP contribution in [-0.4, -0.2) is 45.7 Å². The van der Waals surface area contributed by atoms with Crippen molar-refractivity contribution in [1.29, 1.82) is 0 Å². The Morgan fingerprint density at radius 3 is 2.93 bits per heavy atom. The number of hydrogen-bond acceptors (Lipinski definition) is 6. The summed E-state index contributed by atoms with van der Waals surface area (Å²) in [5.74, 6) is 0.895. The minimum absolute atomic E-state index is 0.182. The lowest BCUT2D eigenvalue weighted by Crippen LogP contribution is -2.26. The first-order chi connectivity index (χ1) is 14.2. The number of para-hydroxylation sites is 1. The van der Waals surface area contributed by atoms with Crippen molar-refractivity contribution in [3.8, 4) is 5.69 Å². The van der Waals surface area contributed by atoms with E-state index in [0.717, 1.165) is 25.2 Å². The normalized spacial score (nSPS) is 16.2. The highest BCUT2D eigenvalue weighted by atomic mass is 32.2. The van der Waals surface area contributed by atoms with Crippen molar-refractivity contribution < 1.29 is 18.3 Å². The monoisotopic (exact) mass is 416 g/mol. The predicted octanol–water partition coefficient (Wildman–Crippen LogP) is 3.24. The smallest absolute Gasteiger partial charge is 0.286 e. The van der Waals surface area contributed by atoms with E-state index in [9.17, 15) is 9.18 Å². The van der Waals surface area contributed by atoms with E-state index in [2.05, 4.69) is 15.5 Å². The summed E-state index contributed by atoms with van der Waals surface area (Å²) in [6.07, 6.45) is 4.11. The SMILES string of the molecule is O=C(NCCc1nnc(SC[C@@H]2CCCO2)n1-c1ccccc1F)c1ccco1. The standard InChI is InChI=1S/C20H21FN4O3S/c21-15-6-1-2-7-16(15)25-18(9-10-22-19(26)17-8-4-12-28-17)23-24-20(25)29-13-14-5-3-11-27-14/h1-2,4,6-8,12,14H,3,5,9-11,13H2,(H,22,26)/t14-/m0/s1. The van der Waals surface area contributed by atoms with E-state index in [4.69, 9.17) is 9.15 Å². The van der Waals surface area contributed by atoms with Crippen LogP contribution in [0.3, 0.4) is 0 Å². The van der Waals surface area contributed by atoms with Crippen LogP contribution in [0, 0.1) is 5.82 Å². The second-order valence-corrected chi connectivity index (χ2v) is 7.60. The Morgan fingerprint density at radius 2 is 2.17 bits per heavy atom. The van der Waals surface area contributed by atoms with E-state index in [0.29, 0.717) is 29.6 Å². The van der Waals surface area contributed by atoms with Gasteiger partial charge in [-0.1, -0.05) is 23.9 Å². The minimum atomic E-state index is -0.355. The van der Waals surface area contributed by atoms with Gasteiger partial charge in [-0.15, -0.1) is 10.2 Å². The minimum Gasteiger partial charge on any atom is -0.459 e. The fraction of sp³-hybridized carbons (Fsp3) is 0.350. The van der Waals surface area contributed by atoms with Crippen LogP contribution in [0.5, 0.6) is 0 Å². The van der Waals surface area contributed by atoms with Gasteiger partial charge in [0, 0.05) is 25.3 Å². The lowest BCUT2D eigenvalue weighted by atomic mass is 10.3. The van der Waals surface area contributed by atoms with Crippen molar-refractivity contribution in [3.63, 3.8) is 0 Å². The summed E-state index contributed by atoms with van der Waals surface area (Å²) >= 11 is 1.50. The molecule has 3 heterocycles. The zero-order valence-electron chi connectivity index (χ0n) is 15.7. The fourth-order valence-corrected chi connectivity index (χ4v) is 4.19. The number of hydrogen-bond donors (Lipinski definition) is 1. The third-order valence-corrected chi connectivity index (χ3v) is 5.66. The molecular formula is C20H21FN4O3S. The van der Waals surface area contributed by atoms with Crippen LogP contribution in [-0.2, 0) is 11.2 Å². The van der Waals surface area contributed by atoms with Crippen LogP contribution in [0.2, 0.25) is 0 Å². The van der Waals surface area contributed by atoms with Crippen molar-refractivity contribution in [2.24, 2.45) is 0 Å². The molecule has 29 heavy (non-hydrogen) atoms. The molecule has 1 atom stereocenters. The van der Waals surface area contributed by atoms with Gasteiger partial charge in [-0.25, -0.2) is 4.39 Å². The summed E-state index contributed by atoms with van der Waals surface area (Å²) in [5.41, 5.74) is 0.389. The molecule has 0 spiro atoms. The molecule has 1 N–H and O–H groups in total. The van der Waals surface area contributed by atoms with Gasteiger partial charge in [-0.2, -0.15) is 0 Å². The average Bonchev–Trinajstić information content (AvgIpc) is 3.49. The molecule has 0 saturated carbocycles. The fourth-order valence-electron chi connectivity index (χ4n) is 3.16. The van der Waals surface area contributed by atoms with Crippen LogP contribution in [0.25, 0.3) is 5.69 Å². The highest BCUT2D eigenvalue weighted by Crippen LogP contribution is 2.27. The zero-order chi connectivity index (χ0) is 20.1. The van der Waals surface area contributed by atoms with E-state index in [1.54, 1.807) is 34.9 Å². The highest BCUT2D eigenvalue weighted by molar-refractivity contribution is 7.99. The van der Waals surface area contributed by atoms with E-state index in [1.165, 1.54) is 24.1 Å². The average molecular weight is 416 g/mol. The second-order valence-electron chi connectivity index (χ2n) is 6.61. The van der Waals surface area contributed by atoms with Gasteiger partial charge in [0.25, 0.3) is 5.91 Å². The van der Waals surface area contributed by atoms with Gasteiger partial charge in [0.15, 0.2) is 10.9 Å². The maximum Gasteiger partial charge on any atom is 0.286 e. The lowest BCUT2D eigenvalue weighted by molar-refractivity contribution is 0.0926. The van der Waals surface area contributed by atoms with Crippen LogP contribution in [0.15, 0.2) is 52.2 Å². The van der Waals surface area contributed by atoms with Crippen molar-refractivity contribution in [2.75, 3.05) is 18.9 Å². The van der Waals surface area contributed by atoms with Gasteiger partial charge in [0.2, 0.25) is 0 Å². The molecule has 1 aliphatic rings. The first-order valence-corrected chi connectivity index (χ1v) is 10.5. The summed E-state index contributed by atoms with van der Waals surface area (Å²) in [4.78, 5) is 12.0. The molecule has 2 aromatic heterocycles. The Bertz CT molecular complexity index is 955. The van der Waals surface area contributed by atoms with Crippen LogP contribution < -0.4 is 5.32 Å². The molecular weight excluding hydrogens is 395 g/mol. The van der Waals surface area contributed by atoms with Gasteiger partial charge in [0.1, 0.15) is 11.6 Å². The molecule has 4 rings (SSSR count). The number of rotatable bonds is 8. The summed E-state index contributed by atoms with van der Waals surface area (Å²) in [6.45, 7) is 1.11. The molecule has 1 amide bonds. The number of ether oxygens (including phenoxy) is 1. The number of benzene rings is 1. The molecule has 152 valence electrons. The molecule has 0 bridgehead atoms. The Hall–Kier alpha value is -2.65. The number of carbonyl (C=O) groups is 1. The Morgan fingerprint density at radius 1 is 1.28 bits per heavy atom. The molecule has 3 aromatic rings. The van der Waals surface area contributed by atoms with E-state index in [-0.39, 0.29) is 23.6 Å². The van der Waals surface area contributed by atoms with Gasteiger partial charge >= 0.3 is 0 Å². The third kappa shape index (κ3) is 4.68. The molecule has 0 radical (unpaired) electrons. The number of furan rings is 1. The highest BCUT2D eigenvalue weighted by Gasteiger charge is 2.21. The first kappa shape index (κ1) is 19.7. The molecule has 1 fully saturated rings. The lowest BCUT2D eigenvalue weighted by Gasteiger charge is -2.13.